The Kier molecular flexibility index (Phi) is 5.08. The fourth-order valence-corrected chi connectivity index (χ4v) is 10.1. The highest BCUT2D eigenvalue weighted by Gasteiger charge is 2.57. The summed E-state index contributed by atoms with van der Waals surface area (Å²) in [7, 11) is 0. The molecular formula is C49H31N. The lowest BCUT2D eigenvalue weighted by atomic mass is 9.73. The van der Waals surface area contributed by atoms with Crippen molar-refractivity contribution in [3.63, 3.8) is 0 Å². The summed E-state index contributed by atoms with van der Waals surface area (Å²) in [5, 5.41) is 5.07. The van der Waals surface area contributed by atoms with Crippen LogP contribution in [0.3, 0.4) is 0 Å². The fraction of sp³-hybridized carbons (Fsp3) is 0.0612. The van der Waals surface area contributed by atoms with E-state index >= 15 is 0 Å². The second-order valence-corrected chi connectivity index (χ2v) is 14.3. The second kappa shape index (κ2) is 9.49. The van der Waals surface area contributed by atoms with Crippen LogP contribution in [0.5, 0.6) is 0 Å². The van der Waals surface area contributed by atoms with E-state index in [9.17, 15) is 0 Å². The van der Waals surface area contributed by atoms with Crippen molar-refractivity contribution in [3.8, 4) is 33.4 Å². The maximum atomic E-state index is 2.53. The highest BCUT2D eigenvalue weighted by Crippen LogP contribution is 2.70. The predicted molar refractivity (Wildman–Crippen MR) is 209 cm³/mol. The molecule has 0 bridgehead atoms. The van der Waals surface area contributed by atoms with Crippen LogP contribution < -0.4 is 4.90 Å². The zero-order chi connectivity index (χ0) is 32.6. The van der Waals surface area contributed by atoms with Crippen molar-refractivity contribution in [3.05, 3.63) is 191 Å². The summed E-state index contributed by atoms with van der Waals surface area (Å²) in [5.74, 6) is 0. The third-order valence-electron chi connectivity index (χ3n) is 12.0. The van der Waals surface area contributed by atoms with Crippen LogP contribution in [0.15, 0.2) is 158 Å². The van der Waals surface area contributed by atoms with Crippen LogP contribution in [0, 0.1) is 0 Å². The third kappa shape index (κ3) is 3.19. The van der Waals surface area contributed by atoms with Crippen LogP contribution in [-0.2, 0) is 11.8 Å². The third-order valence-corrected chi connectivity index (χ3v) is 12.0. The van der Waals surface area contributed by atoms with E-state index < -0.39 is 0 Å². The van der Waals surface area contributed by atoms with Gasteiger partial charge in [-0.2, -0.15) is 0 Å². The normalized spacial score (nSPS) is 16.6. The van der Waals surface area contributed by atoms with Crippen molar-refractivity contribution >= 4 is 44.7 Å². The van der Waals surface area contributed by atoms with E-state index in [4.69, 9.17) is 0 Å². The summed E-state index contributed by atoms with van der Waals surface area (Å²) in [6, 6.07) is 57.6. The topological polar surface area (TPSA) is 3.24 Å². The van der Waals surface area contributed by atoms with Gasteiger partial charge in [0.05, 0.1) is 11.1 Å². The second-order valence-electron chi connectivity index (χ2n) is 14.3. The molecule has 0 saturated carbocycles. The molecule has 8 aromatic rings. The van der Waals surface area contributed by atoms with Gasteiger partial charge < -0.3 is 4.90 Å². The first-order valence-corrected chi connectivity index (χ1v) is 17.8. The van der Waals surface area contributed by atoms with E-state index in [1.165, 1.54) is 105 Å². The lowest BCUT2D eigenvalue weighted by Crippen LogP contribution is -2.23. The lowest BCUT2D eigenvalue weighted by molar-refractivity contribution is 0.818. The average molecular weight is 634 g/mol. The van der Waals surface area contributed by atoms with Gasteiger partial charge in [0.25, 0.3) is 0 Å². The summed E-state index contributed by atoms with van der Waals surface area (Å²) in [4.78, 5) is 2.53. The Balaban J connectivity index is 1.18. The largest absolute Gasteiger partial charge is 0.310 e. The van der Waals surface area contributed by atoms with Crippen molar-refractivity contribution in [1.29, 1.82) is 0 Å². The monoisotopic (exact) mass is 633 g/mol. The highest BCUT2D eigenvalue weighted by molar-refractivity contribution is 6.15. The van der Waals surface area contributed by atoms with Gasteiger partial charge in [0, 0.05) is 16.8 Å². The molecule has 4 aliphatic carbocycles. The maximum Gasteiger partial charge on any atom is 0.0738 e. The number of benzene rings is 8. The van der Waals surface area contributed by atoms with Crippen LogP contribution in [0.4, 0.5) is 17.1 Å². The van der Waals surface area contributed by atoms with Gasteiger partial charge in [0.2, 0.25) is 0 Å². The van der Waals surface area contributed by atoms with Gasteiger partial charge in [-0.3, -0.25) is 0 Å². The zero-order valence-corrected chi connectivity index (χ0v) is 27.4. The summed E-state index contributed by atoms with van der Waals surface area (Å²) in [6.45, 7) is 0. The van der Waals surface area contributed by atoms with Gasteiger partial charge >= 0.3 is 0 Å². The number of anilines is 3. The smallest absolute Gasteiger partial charge is 0.0738 e. The molecule has 1 unspecified atom stereocenters. The molecule has 0 N–H and O–H groups in total. The van der Waals surface area contributed by atoms with E-state index in [0.29, 0.717) is 0 Å². The Morgan fingerprint density at radius 1 is 0.460 bits per heavy atom. The number of allylic oxidation sites excluding steroid dienone is 1. The Labute approximate surface area is 291 Å². The van der Waals surface area contributed by atoms with Gasteiger partial charge in [-0.25, -0.2) is 0 Å². The molecule has 0 aliphatic heterocycles. The number of rotatable bonds is 3. The summed E-state index contributed by atoms with van der Waals surface area (Å²) in [5.41, 5.74) is 19.9. The molecular weight excluding hydrogens is 603 g/mol. The van der Waals surface area contributed by atoms with Crippen LogP contribution in [-0.4, -0.2) is 0 Å². The molecule has 1 atom stereocenters. The SMILES string of the molecule is C1=Cc2cc(N(c3ccc4c(c3)C35c6ccccc6-c6cccc(c63)-c3cccc-4c35)c3cc4ccccc4c4ccccc34)ccc2CC1. The molecule has 1 spiro atoms. The number of aryl methyl sites for hydroxylation is 1. The van der Waals surface area contributed by atoms with Gasteiger partial charge in [0.1, 0.15) is 0 Å². The molecule has 0 saturated heterocycles. The zero-order valence-electron chi connectivity index (χ0n) is 27.4. The summed E-state index contributed by atoms with van der Waals surface area (Å²) < 4.78 is 0. The van der Waals surface area contributed by atoms with Gasteiger partial charge in [-0.05, 0) is 126 Å². The Bertz CT molecular complexity index is 2800. The first kappa shape index (κ1) is 26.7. The molecule has 0 amide bonds. The molecule has 232 valence electrons. The molecule has 0 radical (unpaired) electrons. The Morgan fingerprint density at radius 2 is 1.08 bits per heavy atom. The molecule has 4 aliphatic rings. The lowest BCUT2D eigenvalue weighted by Gasteiger charge is -2.31. The number of hydrogen-bond donors (Lipinski definition) is 0. The summed E-state index contributed by atoms with van der Waals surface area (Å²) in [6.07, 6.45) is 6.82. The molecule has 1 heteroatoms. The van der Waals surface area contributed by atoms with Gasteiger partial charge in [0.15, 0.2) is 0 Å². The van der Waals surface area contributed by atoms with Crippen LogP contribution in [0.25, 0.3) is 61.0 Å². The number of hydrogen-bond acceptors (Lipinski definition) is 1. The Hall–Kier alpha value is -6.18. The van der Waals surface area contributed by atoms with Crippen molar-refractivity contribution in [2.45, 2.75) is 18.3 Å². The molecule has 12 rings (SSSR count). The number of fused-ring (bicyclic) bond motifs is 9. The maximum absolute atomic E-state index is 2.53. The molecule has 8 aromatic carbocycles. The first-order chi connectivity index (χ1) is 24.8. The van der Waals surface area contributed by atoms with Crippen LogP contribution in [0.1, 0.15) is 39.8 Å². The number of nitrogens with zero attached hydrogens (tertiary/aromatic N) is 1. The predicted octanol–water partition coefficient (Wildman–Crippen LogP) is 12.7. The van der Waals surface area contributed by atoms with E-state index in [2.05, 4.69) is 169 Å². The molecule has 0 heterocycles. The molecule has 1 nitrogen and oxygen atoms in total. The van der Waals surface area contributed by atoms with Crippen molar-refractivity contribution < 1.29 is 0 Å². The van der Waals surface area contributed by atoms with E-state index in [1.807, 2.05) is 0 Å². The van der Waals surface area contributed by atoms with E-state index in [0.717, 1.165) is 12.8 Å². The average Bonchev–Trinajstić information content (AvgIpc) is 3.78. The molecule has 0 fully saturated rings. The van der Waals surface area contributed by atoms with Crippen molar-refractivity contribution in [1.82, 2.24) is 0 Å². The van der Waals surface area contributed by atoms with Crippen LogP contribution >= 0.6 is 0 Å². The van der Waals surface area contributed by atoms with Crippen LogP contribution in [0.2, 0.25) is 0 Å². The minimum atomic E-state index is -0.324. The highest BCUT2D eigenvalue weighted by atomic mass is 15.1. The molecule has 50 heavy (non-hydrogen) atoms. The quantitative estimate of drug-likeness (QED) is 0.175. The first-order valence-electron chi connectivity index (χ1n) is 17.8. The summed E-state index contributed by atoms with van der Waals surface area (Å²) >= 11 is 0. The van der Waals surface area contributed by atoms with Crippen molar-refractivity contribution in [2.75, 3.05) is 4.90 Å². The Morgan fingerprint density at radius 3 is 1.90 bits per heavy atom. The fourth-order valence-electron chi connectivity index (χ4n) is 10.1. The van der Waals surface area contributed by atoms with E-state index in [-0.39, 0.29) is 5.41 Å². The minimum Gasteiger partial charge on any atom is -0.310 e. The van der Waals surface area contributed by atoms with Crippen molar-refractivity contribution in [2.24, 2.45) is 0 Å². The van der Waals surface area contributed by atoms with Gasteiger partial charge in [-0.15, -0.1) is 0 Å². The van der Waals surface area contributed by atoms with Gasteiger partial charge in [-0.1, -0.05) is 133 Å². The molecule has 0 aromatic heterocycles. The minimum absolute atomic E-state index is 0.324. The van der Waals surface area contributed by atoms with E-state index in [1.54, 1.807) is 0 Å². The standard InChI is InChI=1S/C49H31N/c1-2-12-31-27-33(24-23-30(31)11-1)50(46-28-32-13-3-4-14-35(32)36-15-5-6-17-39(36)46)34-25-26-38-41-19-10-21-43-42-20-9-18-40-37-16-7-8-22-44(37)49(47(40)42,48(41)43)45(38)29-34/h2-10,12-29H,1,11H2.